The third-order valence-corrected chi connectivity index (χ3v) is 5.10. The van der Waals surface area contributed by atoms with Crippen LogP contribution in [0.2, 0.25) is 0 Å². The van der Waals surface area contributed by atoms with Gasteiger partial charge >= 0.3 is 5.97 Å². The zero-order chi connectivity index (χ0) is 26.8. The maximum atomic E-state index is 12.7. The molecule has 0 radical (unpaired) electrons. The van der Waals surface area contributed by atoms with Gasteiger partial charge in [-0.1, -0.05) is 54.6 Å². The molecule has 0 saturated carbocycles. The second-order valence-corrected chi connectivity index (χ2v) is 7.57. The Bertz CT molecular complexity index is 1420. The number of benzene rings is 3. The molecule has 0 atom stereocenters. The summed E-state index contributed by atoms with van der Waals surface area (Å²) < 4.78 is 10.7. The fourth-order valence-electron chi connectivity index (χ4n) is 3.20. The van der Waals surface area contributed by atoms with E-state index in [2.05, 4.69) is 11.9 Å². The molecule has 3 rings (SSSR count). The van der Waals surface area contributed by atoms with Crippen LogP contribution in [0.25, 0.3) is 6.08 Å². The summed E-state index contributed by atoms with van der Waals surface area (Å²) in [6.07, 6.45) is 2.87. The minimum Gasteiger partial charge on any atom is -0.493 e. The van der Waals surface area contributed by atoms with Crippen molar-refractivity contribution in [2.24, 2.45) is 0 Å². The maximum absolute atomic E-state index is 12.7. The third kappa shape index (κ3) is 6.65. The van der Waals surface area contributed by atoms with E-state index in [0.29, 0.717) is 5.56 Å². The molecular weight excluding hydrogens is 472 g/mol. The second kappa shape index (κ2) is 12.4. The van der Waals surface area contributed by atoms with E-state index in [1.807, 2.05) is 6.07 Å². The van der Waals surface area contributed by atoms with E-state index in [1.165, 1.54) is 55.7 Å². The highest BCUT2D eigenvalue weighted by atomic mass is 16.6. The Morgan fingerprint density at radius 2 is 1.51 bits per heavy atom. The Kier molecular flexibility index (Phi) is 8.84. The Balaban J connectivity index is 1.74. The molecule has 0 heterocycles. The number of esters is 1. The number of ketones is 2. The van der Waals surface area contributed by atoms with Crippen LogP contribution in [0.5, 0.6) is 11.5 Å². The number of nitrogens with one attached hydrogen (secondary N) is 1. The molecule has 1 amide bonds. The van der Waals surface area contributed by atoms with Gasteiger partial charge in [-0.25, -0.2) is 4.79 Å². The second-order valence-electron chi connectivity index (χ2n) is 7.57. The van der Waals surface area contributed by atoms with Crippen molar-refractivity contribution in [2.75, 3.05) is 13.7 Å². The van der Waals surface area contributed by atoms with Gasteiger partial charge in [0.2, 0.25) is 11.6 Å². The van der Waals surface area contributed by atoms with E-state index in [1.54, 1.807) is 36.4 Å². The average Bonchev–Trinajstić information content (AvgIpc) is 2.94. The van der Waals surface area contributed by atoms with Crippen molar-refractivity contribution in [2.45, 2.75) is 0 Å². The summed E-state index contributed by atoms with van der Waals surface area (Å²) in [5.41, 5.74) is 0.938. The number of methoxy groups -OCH3 is 1. The Morgan fingerprint density at radius 1 is 0.892 bits per heavy atom. The standard InChI is InChI=1S/C29H22N2O6/c1-3-15-31-28(34)23(18-30)16-19-9-14-24(25(17-19)36-2)37-29(35)22-12-10-21(11-13-22)27(33)26(32)20-7-5-4-6-8-20/h3-14,16-17H,1,15H2,2H3,(H,31,34)/b23-16+. The number of nitrogens with zero attached hydrogens (tertiary/aromatic N) is 1. The molecule has 0 aliphatic rings. The van der Waals surface area contributed by atoms with Crippen LogP contribution in [-0.2, 0) is 4.79 Å². The van der Waals surface area contributed by atoms with Gasteiger partial charge in [-0.05, 0) is 35.9 Å². The van der Waals surface area contributed by atoms with Gasteiger partial charge in [0.25, 0.3) is 5.91 Å². The summed E-state index contributed by atoms with van der Waals surface area (Å²) in [6, 6.07) is 20.1. The number of carbonyl (C=O) groups is 4. The predicted octanol–water partition coefficient (Wildman–Crippen LogP) is 4.19. The van der Waals surface area contributed by atoms with Gasteiger partial charge < -0.3 is 14.8 Å². The topological polar surface area (TPSA) is 123 Å². The van der Waals surface area contributed by atoms with Crippen LogP contribution in [0.1, 0.15) is 36.6 Å². The van der Waals surface area contributed by atoms with Crippen molar-refractivity contribution in [3.63, 3.8) is 0 Å². The lowest BCUT2D eigenvalue weighted by Gasteiger charge is -2.10. The van der Waals surface area contributed by atoms with Crippen molar-refractivity contribution in [3.05, 3.63) is 113 Å². The first-order valence-corrected chi connectivity index (χ1v) is 11.0. The first kappa shape index (κ1) is 26.3. The van der Waals surface area contributed by atoms with Gasteiger partial charge in [0, 0.05) is 17.7 Å². The van der Waals surface area contributed by atoms with Crippen molar-refractivity contribution in [1.82, 2.24) is 5.32 Å². The van der Waals surface area contributed by atoms with Crippen LogP contribution < -0.4 is 14.8 Å². The number of hydrogen-bond donors (Lipinski definition) is 1. The van der Waals surface area contributed by atoms with Crippen molar-refractivity contribution in [3.8, 4) is 17.6 Å². The fourth-order valence-corrected chi connectivity index (χ4v) is 3.20. The van der Waals surface area contributed by atoms with Crippen LogP contribution in [0, 0.1) is 11.3 Å². The lowest BCUT2D eigenvalue weighted by molar-refractivity contribution is -0.116. The number of Topliss-reactive ketones (excluding diaryl/α,β-unsaturated/α-hetero) is 2. The summed E-state index contributed by atoms with van der Waals surface area (Å²) in [5, 5.41) is 11.8. The summed E-state index contributed by atoms with van der Waals surface area (Å²) in [4.78, 5) is 49.6. The van der Waals surface area contributed by atoms with E-state index in [-0.39, 0.29) is 40.3 Å². The summed E-state index contributed by atoms with van der Waals surface area (Å²) >= 11 is 0. The molecule has 1 N–H and O–H groups in total. The van der Waals surface area contributed by atoms with E-state index in [4.69, 9.17) is 9.47 Å². The third-order valence-electron chi connectivity index (χ3n) is 5.10. The van der Waals surface area contributed by atoms with Gasteiger partial charge in [-0.15, -0.1) is 6.58 Å². The minimum atomic E-state index is -0.712. The number of nitriles is 1. The Morgan fingerprint density at radius 3 is 2.11 bits per heavy atom. The van der Waals surface area contributed by atoms with Gasteiger partial charge in [0.1, 0.15) is 11.6 Å². The predicted molar refractivity (Wildman–Crippen MR) is 136 cm³/mol. The van der Waals surface area contributed by atoms with Crippen LogP contribution in [-0.4, -0.2) is 37.1 Å². The molecular formula is C29H22N2O6. The molecule has 8 heteroatoms. The number of rotatable bonds is 10. The molecule has 0 fully saturated rings. The first-order valence-electron chi connectivity index (χ1n) is 11.0. The van der Waals surface area contributed by atoms with Crippen LogP contribution in [0.3, 0.4) is 0 Å². The molecule has 3 aromatic carbocycles. The number of carbonyl (C=O) groups excluding carboxylic acids is 4. The lowest BCUT2D eigenvalue weighted by Crippen LogP contribution is -2.24. The summed E-state index contributed by atoms with van der Waals surface area (Å²) in [7, 11) is 1.38. The van der Waals surface area contributed by atoms with Gasteiger partial charge in [0.15, 0.2) is 11.5 Å². The normalized spacial score (nSPS) is 10.5. The molecule has 0 bridgehead atoms. The highest BCUT2D eigenvalue weighted by Gasteiger charge is 2.19. The molecule has 8 nitrogen and oxygen atoms in total. The number of ether oxygens (including phenoxy) is 2. The SMILES string of the molecule is C=CCNC(=O)/C(C#N)=C/c1ccc(OC(=O)c2ccc(C(=O)C(=O)c3ccccc3)cc2)c(OC)c1. The maximum Gasteiger partial charge on any atom is 0.343 e. The van der Waals surface area contributed by atoms with Gasteiger partial charge in [0.05, 0.1) is 12.7 Å². The van der Waals surface area contributed by atoms with E-state index in [9.17, 15) is 24.4 Å². The molecule has 3 aromatic rings. The number of amides is 1. The largest absolute Gasteiger partial charge is 0.493 e. The zero-order valence-electron chi connectivity index (χ0n) is 19.9. The highest BCUT2D eigenvalue weighted by Crippen LogP contribution is 2.30. The minimum absolute atomic E-state index is 0.110. The van der Waals surface area contributed by atoms with Gasteiger partial charge in [-0.3, -0.25) is 14.4 Å². The quantitative estimate of drug-likeness (QED) is 0.0853. The molecule has 0 saturated heterocycles. The van der Waals surface area contributed by atoms with Crippen molar-refractivity contribution < 1.29 is 28.7 Å². The Labute approximate surface area is 213 Å². The molecule has 0 aliphatic carbocycles. The molecule has 0 spiro atoms. The number of hydrogen-bond acceptors (Lipinski definition) is 7. The Hall–Kier alpha value is -5.29. The molecule has 0 aromatic heterocycles. The van der Waals surface area contributed by atoms with E-state index in [0.717, 1.165) is 0 Å². The average molecular weight is 495 g/mol. The van der Waals surface area contributed by atoms with E-state index < -0.39 is 23.4 Å². The van der Waals surface area contributed by atoms with Crippen molar-refractivity contribution in [1.29, 1.82) is 5.26 Å². The summed E-state index contributed by atoms with van der Waals surface area (Å²) in [6.45, 7) is 3.72. The molecule has 0 unspecified atom stereocenters. The molecule has 184 valence electrons. The van der Waals surface area contributed by atoms with Crippen molar-refractivity contribution >= 4 is 29.5 Å². The lowest BCUT2D eigenvalue weighted by atomic mass is 10.0. The van der Waals surface area contributed by atoms with Crippen LogP contribution >= 0.6 is 0 Å². The van der Waals surface area contributed by atoms with E-state index >= 15 is 0 Å². The highest BCUT2D eigenvalue weighted by molar-refractivity contribution is 6.49. The smallest absolute Gasteiger partial charge is 0.343 e. The zero-order valence-corrected chi connectivity index (χ0v) is 19.9. The molecule has 37 heavy (non-hydrogen) atoms. The monoisotopic (exact) mass is 494 g/mol. The first-order chi connectivity index (χ1) is 17.9. The van der Waals surface area contributed by atoms with Crippen LogP contribution in [0.15, 0.2) is 91.0 Å². The molecule has 0 aliphatic heterocycles. The summed E-state index contributed by atoms with van der Waals surface area (Å²) in [5.74, 6) is -2.29. The van der Waals surface area contributed by atoms with Crippen LogP contribution in [0.4, 0.5) is 0 Å². The van der Waals surface area contributed by atoms with Gasteiger partial charge in [-0.2, -0.15) is 5.26 Å². The fraction of sp³-hybridized carbons (Fsp3) is 0.0690.